The zero-order valence-corrected chi connectivity index (χ0v) is 18.5. The summed E-state index contributed by atoms with van der Waals surface area (Å²) in [4.78, 5) is 2.26. The van der Waals surface area contributed by atoms with Crippen LogP contribution in [0, 0.1) is 17.3 Å². The molecule has 0 amide bonds. The van der Waals surface area contributed by atoms with Crippen molar-refractivity contribution in [3.63, 3.8) is 0 Å². The fourth-order valence-corrected chi connectivity index (χ4v) is 3.24. The van der Waals surface area contributed by atoms with Crippen molar-refractivity contribution in [1.82, 2.24) is 4.90 Å². The topological polar surface area (TPSA) is 12.5 Å². The smallest absolute Gasteiger partial charge is 0.120 e. The second-order valence-corrected chi connectivity index (χ2v) is 8.69. The number of likely N-dealkylation sites (N-methyl/N-ethyl adjacent to an activating group) is 1. The maximum Gasteiger partial charge on any atom is 0.120 e. The molecule has 0 aliphatic carbocycles. The van der Waals surface area contributed by atoms with E-state index in [9.17, 15) is 0 Å². The van der Waals surface area contributed by atoms with Crippen LogP contribution in [-0.2, 0) is 13.2 Å². The first-order valence-corrected chi connectivity index (χ1v) is 10.5. The van der Waals surface area contributed by atoms with E-state index in [2.05, 4.69) is 111 Å². The van der Waals surface area contributed by atoms with E-state index >= 15 is 0 Å². The number of nitrogens with zero attached hydrogens (tertiary/aromatic N) is 1. The van der Waals surface area contributed by atoms with E-state index in [0.29, 0.717) is 6.61 Å². The zero-order valence-electron chi connectivity index (χ0n) is 18.5. The minimum atomic E-state index is 0.0444. The summed E-state index contributed by atoms with van der Waals surface area (Å²) in [5.74, 6) is 7.24. The fraction of sp³-hybridized carbons (Fsp3) is 0.286. The van der Waals surface area contributed by atoms with E-state index in [4.69, 9.17) is 4.74 Å². The molecular weight excluding hydrogens is 366 g/mol. The highest BCUT2D eigenvalue weighted by Crippen LogP contribution is 2.21. The van der Waals surface area contributed by atoms with Crippen molar-refractivity contribution < 1.29 is 4.74 Å². The quantitative estimate of drug-likeness (QED) is 0.424. The van der Waals surface area contributed by atoms with Gasteiger partial charge in [0.25, 0.3) is 0 Å². The van der Waals surface area contributed by atoms with E-state index in [1.165, 1.54) is 21.9 Å². The van der Waals surface area contributed by atoms with Gasteiger partial charge in [-0.25, -0.2) is 0 Å². The minimum absolute atomic E-state index is 0.0444. The van der Waals surface area contributed by atoms with Gasteiger partial charge in [0.05, 0.1) is 0 Å². The molecule has 0 aliphatic heterocycles. The Morgan fingerprint density at radius 1 is 0.967 bits per heavy atom. The Labute approximate surface area is 181 Å². The molecule has 0 fully saturated rings. The molecule has 30 heavy (non-hydrogen) atoms. The second kappa shape index (κ2) is 10.1. The molecule has 3 aromatic rings. The number of ether oxygens (including phenoxy) is 1. The Hall–Kier alpha value is -3.02. The van der Waals surface area contributed by atoms with Crippen LogP contribution in [0.2, 0.25) is 0 Å². The summed E-state index contributed by atoms with van der Waals surface area (Å²) in [5, 5.41) is 2.49. The Morgan fingerprint density at radius 2 is 1.73 bits per heavy atom. The largest absolute Gasteiger partial charge is 0.489 e. The van der Waals surface area contributed by atoms with Crippen molar-refractivity contribution in [2.45, 2.75) is 33.9 Å². The predicted molar refractivity (Wildman–Crippen MR) is 127 cm³/mol. The second-order valence-electron chi connectivity index (χ2n) is 8.69. The van der Waals surface area contributed by atoms with Crippen molar-refractivity contribution in [1.29, 1.82) is 0 Å². The van der Waals surface area contributed by atoms with Gasteiger partial charge in [-0.15, -0.1) is 0 Å². The van der Waals surface area contributed by atoms with Gasteiger partial charge in [0, 0.05) is 18.5 Å². The molecule has 0 heterocycles. The number of fused-ring (bicyclic) bond motifs is 1. The highest BCUT2D eigenvalue weighted by molar-refractivity contribution is 5.85. The molecule has 0 saturated heterocycles. The van der Waals surface area contributed by atoms with Crippen LogP contribution in [0.5, 0.6) is 5.75 Å². The van der Waals surface area contributed by atoms with E-state index in [1.807, 2.05) is 12.1 Å². The van der Waals surface area contributed by atoms with Gasteiger partial charge in [-0.3, -0.25) is 4.90 Å². The van der Waals surface area contributed by atoms with Gasteiger partial charge >= 0.3 is 0 Å². The van der Waals surface area contributed by atoms with Crippen LogP contribution >= 0.6 is 0 Å². The average molecular weight is 398 g/mol. The van der Waals surface area contributed by atoms with Gasteiger partial charge in [-0.2, -0.15) is 0 Å². The van der Waals surface area contributed by atoms with Gasteiger partial charge in [-0.1, -0.05) is 72.5 Å². The lowest BCUT2D eigenvalue weighted by molar-refractivity contribution is 0.306. The molecule has 2 nitrogen and oxygen atoms in total. The zero-order chi connectivity index (χ0) is 21.4. The summed E-state index contributed by atoms with van der Waals surface area (Å²) in [6.07, 6.45) is 4.06. The highest BCUT2D eigenvalue weighted by Gasteiger charge is 2.04. The highest BCUT2D eigenvalue weighted by atomic mass is 16.5. The molecule has 3 rings (SSSR count). The van der Waals surface area contributed by atoms with Crippen LogP contribution in [0.15, 0.2) is 78.9 Å². The number of hydrogen-bond acceptors (Lipinski definition) is 2. The molecule has 0 atom stereocenters. The Bertz CT molecular complexity index is 1060. The molecule has 0 unspecified atom stereocenters. The minimum Gasteiger partial charge on any atom is -0.489 e. The molecule has 0 aromatic heterocycles. The molecule has 0 radical (unpaired) electrons. The van der Waals surface area contributed by atoms with Gasteiger partial charge in [0.15, 0.2) is 0 Å². The summed E-state index contributed by atoms with van der Waals surface area (Å²) in [6.45, 7) is 8.65. The molecule has 0 aliphatic rings. The van der Waals surface area contributed by atoms with Gasteiger partial charge in [0.1, 0.15) is 12.4 Å². The standard InChI is InChI=1S/C28H31NO/c1-28(2,3)18-8-5-9-19-29(4)21-23-12-10-16-26(20-23)30-22-25-15-11-14-24-13-6-7-17-27(24)25/h5-7,9-17,20H,19,21-22H2,1-4H3/b9-5+. The first kappa shape index (κ1) is 21.7. The summed E-state index contributed by atoms with van der Waals surface area (Å²) in [5.41, 5.74) is 2.49. The summed E-state index contributed by atoms with van der Waals surface area (Å²) < 4.78 is 6.12. The van der Waals surface area contributed by atoms with Crippen LogP contribution < -0.4 is 4.74 Å². The third-order valence-corrected chi connectivity index (χ3v) is 4.69. The normalized spacial score (nSPS) is 11.6. The molecule has 0 spiro atoms. The number of allylic oxidation sites excluding steroid dienone is 1. The van der Waals surface area contributed by atoms with E-state index in [0.717, 1.165) is 18.8 Å². The van der Waals surface area contributed by atoms with Crippen LogP contribution in [0.3, 0.4) is 0 Å². The van der Waals surface area contributed by atoms with Gasteiger partial charge < -0.3 is 4.74 Å². The number of rotatable bonds is 7. The van der Waals surface area contributed by atoms with Crippen LogP contribution in [0.1, 0.15) is 31.9 Å². The van der Waals surface area contributed by atoms with Crippen LogP contribution in [0.25, 0.3) is 10.8 Å². The maximum absolute atomic E-state index is 6.12. The Kier molecular flexibility index (Phi) is 7.33. The fourth-order valence-electron chi connectivity index (χ4n) is 3.24. The molecule has 0 bridgehead atoms. The first-order valence-electron chi connectivity index (χ1n) is 10.5. The number of benzene rings is 3. The van der Waals surface area contributed by atoms with Crippen molar-refractivity contribution >= 4 is 10.8 Å². The van der Waals surface area contributed by atoms with Gasteiger partial charge in [-0.05, 0) is 67.9 Å². The third-order valence-electron chi connectivity index (χ3n) is 4.69. The van der Waals surface area contributed by atoms with E-state index in [1.54, 1.807) is 0 Å². The van der Waals surface area contributed by atoms with Crippen molar-refractivity contribution in [3.8, 4) is 17.6 Å². The van der Waals surface area contributed by atoms with Crippen LogP contribution in [-0.4, -0.2) is 18.5 Å². The molecular formula is C28H31NO. The lowest BCUT2D eigenvalue weighted by Crippen LogP contribution is -2.17. The van der Waals surface area contributed by atoms with Crippen molar-refractivity contribution in [3.05, 3.63) is 90.0 Å². The molecule has 3 aromatic carbocycles. The Balaban J connectivity index is 1.56. The molecule has 0 N–H and O–H groups in total. The molecule has 0 saturated carbocycles. The van der Waals surface area contributed by atoms with Crippen molar-refractivity contribution in [2.75, 3.05) is 13.6 Å². The summed E-state index contributed by atoms with van der Waals surface area (Å²) >= 11 is 0. The van der Waals surface area contributed by atoms with E-state index in [-0.39, 0.29) is 5.41 Å². The summed E-state index contributed by atoms with van der Waals surface area (Å²) in [6, 6.07) is 23.2. The monoisotopic (exact) mass is 397 g/mol. The first-order chi connectivity index (χ1) is 14.4. The Morgan fingerprint density at radius 3 is 2.57 bits per heavy atom. The predicted octanol–water partition coefficient (Wildman–Crippen LogP) is 6.46. The lowest BCUT2D eigenvalue weighted by Gasteiger charge is -2.15. The number of hydrogen-bond donors (Lipinski definition) is 0. The summed E-state index contributed by atoms with van der Waals surface area (Å²) in [7, 11) is 2.12. The third kappa shape index (κ3) is 6.79. The SMILES string of the molecule is CN(C/C=C/C#CC(C)(C)C)Cc1cccc(OCc2cccc3ccccc23)c1. The molecule has 2 heteroatoms. The van der Waals surface area contributed by atoms with Crippen molar-refractivity contribution in [2.24, 2.45) is 5.41 Å². The maximum atomic E-state index is 6.12. The van der Waals surface area contributed by atoms with Gasteiger partial charge in [0.2, 0.25) is 0 Å². The van der Waals surface area contributed by atoms with Crippen LogP contribution in [0.4, 0.5) is 0 Å². The van der Waals surface area contributed by atoms with E-state index < -0.39 is 0 Å². The lowest BCUT2D eigenvalue weighted by atomic mass is 9.98. The average Bonchev–Trinajstić information content (AvgIpc) is 2.71. The molecule has 154 valence electrons.